The average molecular weight is 837 g/mol. The molecule has 10 nitrogen and oxygen atoms in total. The quantitative estimate of drug-likeness (QED) is 0.227. The predicted molar refractivity (Wildman–Crippen MR) is 225 cm³/mol. The summed E-state index contributed by atoms with van der Waals surface area (Å²) < 4.78 is 47.1. The molecule has 13 heteroatoms. The predicted octanol–water partition coefficient (Wildman–Crippen LogP) is 8.04. The van der Waals surface area contributed by atoms with Crippen molar-refractivity contribution in [1.29, 1.82) is 5.26 Å². The van der Waals surface area contributed by atoms with E-state index in [1.54, 1.807) is 17.0 Å². The molecule has 61 heavy (non-hydrogen) atoms. The molecule has 0 radical (unpaired) electrons. The summed E-state index contributed by atoms with van der Waals surface area (Å²) in [5.41, 5.74) is 3.71. The molecule has 3 amide bonds. The lowest BCUT2D eigenvalue weighted by molar-refractivity contribution is -0.138. The van der Waals surface area contributed by atoms with Crippen LogP contribution in [0.4, 0.5) is 24.5 Å². The van der Waals surface area contributed by atoms with Gasteiger partial charge in [0, 0.05) is 62.6 Å². The highest BCUT2D eigenvalue weighted by Crippen LogP contribution is 2.46. The largest absolute Gasteiger partial charge is 0.490 e. The molecule has 1 atom stereocenters. The lowest BCUT2D eigenvalue weighted by Gasteiger charge is -2.47. The number of benzene rings is 3. The van der Waals surface area contributed by atoms with Gasteiger partial charge in [-0.1, -0.05) is 12.1 Å². The number of halogens is 3. The Morgan fingerprint density at radius 3 is 2.08 bits per heavy atom. The Bertz CT molecular complexity index is 2150. The molecule has 5 aliphatic heterocycles. The van der Waals surface area contributed by atoms with Gasteiger partial charge < -0.3 is 24.3 Å². The Balaban J connectivity index is 0.683. The van der Waals surface area contributed by atoms with Gasteiger partial charge in [-0.2, -0.15) is 18.4 Å². The van der Waals surface area contributed by atoms with Crippen molar-refractivity contribution in [3.05, 3.63) is 88.5 Å². The Morgan fingerprint density at radius 1 is 0.770 bits per heavy atom. The number of nitrogens with zero attached hydrogens (tertiary/aromatic N) is 5. The Labute approximate surface area is 356 Å². The maximum absolute atomic E-state index is 13.5. The number of piperidine rings is 4. The minimum absolute atomic E-state index is 0.129. The van der Waals surface area contributed by atoms with E-state index in [0.717, 1.165) is 94.3 Å². The zero-order chi connectivity index (χ0) is 42.3. The molecule has 0 bridgehead atoms. The first-order chi connectivity index (χ1) is 29.4. The third kappa shape index (κ3) is 8.83. The molecule has 3 aromatic rings. The van der Waals surface area contributed by atoms with Crippen molar-refractivity contribution < 1.29 is 32.3 Å². The molecule has 322 valence electrons. The first kappa shape index (κ1) is 41.3. The second-order valence-electron chi connectivity index (χ2n) is 18.5. The summed E-state index contributed by atoms with van der Waals surface area (Å²) in [7, 11) is 0. The van der Waals surface area contributed by atoms with Gasteiger partial charge in [0.2, 0.25) is 11.8 Å². The van der Waals surface area contributed by atoms with Gasteiger partial charge in [0.1, 0.15) is 11.8 Å². The summed E-state index contributed by atoms with van der Waals surface area (Å²) in [6, 6.07) is 19.6. The maximum Gasteiger partial charge on any atom is 0.417 e. The van der Waals surface area contributed by atoms with Crippen LogP contribution < -0.4 is 19.9 Å². The third-order valence-corrected chi connectivity index (χ3v) is 14.9. The van der Waals surface area contributed by atoms with Crippen LogP contribution in [0.15, 0.2) is 60.7 Å². The zero-order valence-corrected chi connectivity index (χ0v) is 34.7. The lowest BCUT2D eigenvalue weighted by atomic mass is 9.67. The van der Waals surface area contributed by atoms with Crippen molar-refractivity contribution in [2.45, 2.75) is 108 Å². The van der Waals surface area contributed by atoms with Crippen molar-refractivity contribution in [2.75, 3.05) is 55.6 Å². The van der Waals surface area contributed by atoms with Crippen LogP contribution >= 0.6 is 0 Å². The smallest absolute Gasteiger partial charge is 0.417 e. The summed E-state index contributed by atoms with van der Waals surface area (Å²) in [4.78, 5) is 46.0. The number of imide groups is 1. The van der Waals surface area contributed by atoms with Gasteiger partial charge in [-0.05, 0) is 161 Å². The zero-order valence-electron chi connectivity index (χ0n) is 34.7. The van der Waals surface area contributed by atoms with E-state index in [0.29, 0.717) is 54.6 Å². The summed E-state index contributed by atoms with van der Waals surface area (Å²) in [6.45, 7) is 7.19. The number of fused-ring (bicyclic) bond motifs is 1. The number of ether oxygens (including phenoxy) is 1. The lowest BCUT2D eigenvalue weighted by Crippen LogP contribution is -2.52. The summed E-state index contributed by atoms with van der Waals surface area (Å²) >= 11 is 0. The van der Waals surface area contributed by atoms with Crippen molar-refractivity contribution >= 4 is 29.1 Å². The number of likely N-dealkylation sites (tertiary alicyclic amines) is 1. The monoisotopic (exact) mass is 836 g/mol. The molecule has 9 rings (SSSR count). The number of rotatable bonds is 8. The number of alkyl halides is 3. The summed E-state index contributed by atoms with van der Waals surface area (Å²) in [5.74, 6) is 1.14. The van der Waals surface area contributed by atoms with Crippen LogP contribution in [0.25, 0.3) is 0 Å². The number of anilines is 2. The Hall–Kier alpha value is -5.09. The maximum atomic E-state index is 13.5. The van der Waals surface area contributed by atoms with Crippen LogP contribution in [0.5, 0.6) is 5.75 Å². The molecule has 5 fully saturated rings. The fourth-order valence-electron chi connectivity index (χ4n) is 11.1. The van der Waals surface area contributed by atoms with E-state index in [1.165, 1.54) is 37.3 Å². The summed E-state index contributed by atoms with van der Waals surface area (Å²) in [6.07, 6.45) is 7.37. The van der Waals surface area contributed by atoms with E-state index in [1.807, 2.05) is 17.0 Å². The third-order valence-electron chi connectivity index (χ3n) is 14.9. The molecule has 1 unspecified atom stereocenters. The highest BCUT2D eigenvalue weighted by Gasteiger charge is 2.41. The number of amides is 3. The summed E-state index contributed by atoms with van der Waals surface area (Å²) in [5, 5.41) is 11.5. The molecule has 1 spiro atoms. The van der Waals surface area contributed by atoms with Gasteiger partial charge in [-0.15, -0.1) is 0 Å². The average Bonchev–Trinajstić information content (AvgIpc) is 3.60. The van der Waals surface area contributed by atoms with Gasteiger partial charge in [-0.25, -0.2) is 0 Å². The van der Waals surface area contributed by atoms with Crippen LogP contribution in [0.2, 0.25) is 0 Å². The molecule has 1 N–H and O–H groups in total. The van der Waals surface area contributed by atoms with E-state index >= 15 is 0 Å². The van der Waals surface area contributed by atoms with E-state index in [-0.39, 0.29) is 35.8 Å². The minimum atomic E-state index is -4.56. The Morgan fingerprint density at radius 2 is 1.43 bits per heavy atom. The molecule has 4 saturated heterocycles. The van der Waals surface area contributed by atoms with E-state index in [4.69, 9.17) is 10.00 Å². The van der Waals surface area contributed by atoms with E-state index in [9.17, 15) is 27.6 Å². The number of hydrogen-bond donors (Lipinski definition) is 1. The second-order valence-corrected chi connectivity index (χ2v) is 18.5. The molecule has 3 aromatic carbocycles. The number of hydrogen-bond acceptors (Lipinski definition) is 8. The molecular formula is C48H55F3N6O4. The van der Waals surface area contributed by atoms with Crippen molar-refractivity contribution in [3.63, 3.8) is 0 Å². The minimum Gasteiger partial charge on any atom is -0.490 e. The van der Waals surface area contributed by atoms with Gasteiger partial charge in [0.15, 0.2) is 0 Å². The van der Waals surface area contributed by atoms with Gasteiger partial charge >= 0.3 is 6.18 Å². The second kappa shape index (κ2) is 17.0. The van der Waals surface area contributed by atoms with E-state index in [2.05, 4.69) is 45.4 Å². The molecule has 6 aliphatic rings. The first-order valence-corrected chi connectivity index (χ1v) is 22.3. The standard InChI is InChI=1S/C48H55F3N6O4/c49-48(50,51)42-28-38(4-1-35(42)29-52)56-23-15-34(16-24-56)33-2-6-39(7-3-33)61-40-11-17-47(18-12-40)19-25-54(26-20-47)30-32-13-21-55(22-14-32)37-5-8-41-36(27-37)31-57(46(41)60)43-9-10-44(58)53-45(43)59/h1-8,27-28,32,34,40,43H,9-26,30-31H2,(H,53,58,59). The van der Waals surface area contributed by atoms with Crippen molar-refractivity contribution in [2.24, 2.45) is 11.3 Å². The first-order valence-electron chi connectivity index (χ1n) is 22.3. The van der Waals surface area contributed by atoms with Gasteiger partial charge in [0.25, 0.3) is 5.91 Å². The highest BCUT2D eigenvalue weighted by atomic mass is 19.4. The van der Waals surface area contributed by atoms with Crippen LogP contribution in [-0.4, -0.2) is 85.5 Å². The normalized spacial score (nSPS) is 23.3. The van der Waals surface area contributed by atoms with Crippen LogP contribution in [0.1, 0.15) is 116 Å². The number of carbonyl (C=O) groups excluding carboxylic acids is 3. The van der Waals surface area contributed by atoms with Crippen molar-refractivity contribution in [1.82, 2.24) is 15.1 Å². The van der Waals surface area contributed by atoms with Crippen molar-refractivity contribution in [3.8, 4) is 11.8 Å². The molecule has 1 aliphatic carbocycles. The molecule has 0 aromatic heterocycles. The number of nitriles is 1. The molecule has 1 saturated carbocycles. The fraction of sp³-hybridized carbons (Fsp3) is 0.542. The topological polar surface area (TPSA) is 109 Å². The van der Waals surface area contributed by atoms with Crippen LogP contribution in [0.3, 0.4) is 0 Å². The fourth-order valence-corrected chi connectivity index (χ4v) is 11.1. The Kier molecular flexibility index (Phi) is 11.5. The number of nitrogens with one attached hydrogen (secondary N) is 1. The van der Waals surface area contributed by atoms with E-state index < -0.39 is 17.8 Å². The highest BCUT2D eigenvalue weighted by molar-refractivity contribution is 6.05. The van der Waals surface area contributed by atoms with Gasteiger partial charge in [-0.3, -0.25) is 19.7 Å². The van der Waals surface area contributed by atoms with Crippen LogP contribution in [-0.2, 0) is 22.3 Å². The van der Waals surface area contributed by atoms with Crippen LogP contribution in [0, 0.1) is 22.7 Å². The van der Waals surface area contributed by atoms with Gasteiger partial charge in [0.05, 0.1) is 23.3 Å². The SMILES string of the molecule is N#Cc1ccc(N2CCC(c3ccc(OC4CCC5(CC4)CCN(CC4CCN(c6ccc7c(c6)CN(C6CCC(=O)NC6=O)C7=O)CC4)CC5)cc3)CC2)cc1C(F)(F)F. The molecule has 5 heterocycles. The number of carbonyl (C=O) groups is 3. The molecular weight excluding hydrogens is 782 g/mol.